The van der Waals surface area contributed by atoms with Gasteiger partial charge in [-0.3, -0.25) is 9.78 Å². The molecule has 7 heteroatoms. The molecule has 2 heterocycles. The molecule has 1 aliphatic rings. The number of hydrogen-bond donors (Lipinski definition) is 2. The fourth-order valence-corrected chi connectivity index (χ4v) is 2.79. The van der Waals surface area contributed by atoms with Crippen molar-refractivity contribution in [1.29, 1.82) is 0 Å². The molecule has 0 saturated heterocycles. The van der Waals surface area contributed by atoms with Gasteiger partial charge in [0.1, 0.15) is 24.7 Å². The maximum absolute atomic E-state index is 12.5. The Labute approximate surface area is 162 Å². The van der Waals surface area contributed by atoms with Gasteiger partial charge in [0.25, 0.3) is 5.91 Å². The molecule has 142 valence electrons. The zero-order valence-corrected chi connectivity index (χ0v) is 15.3. The number of carbonyl (C=O) groups is 1. The molecule has 2 N–H and O–H groups in total. The molecule has 2 aromatic carbocycles. The van der Waals surface area contributed by atoms with Gasteiger partial charge < -0.3 is 24.8 Å². The van der Waals surface area contributed by atoms with Crippen molar-refractivity contribution in [2.24, 2.45) is 0 Å². The van der Waals surface area contributed by atoms with Crippen molar-refractivity contribution in [1.82, 2.24) is 4.98 Å². The van der Waals surface area contributed by atoms with Gasteiger partial charge in [-0.05, 0) is 48.5 Å². The predicted octanol–water partition coefficient (Wildman–Crippen LogP) is 3.86. The Morgan fingerprint density at radius 1 is 0.929 bits per heavy atom. The van der Waals surface area contributed by atoms with Gasteiger partial charge in [0.05, 0.1) is 7.11 Å². The average molecular weight is 377 g/mol. The van der Waals surface area contributed by atoms with E-state index in [1.165, 1.54) is 0 Å². The summed E-state index contributed by atoms with van der Waals surface area (Å²) in [5, 5.41) is 6.08. The number of pyridine rings is 1. The number of carbonyl (C=O) groups excluding carboxylic acids is 1. The zero-order chi connectivity index (χ0) is 19.3. The van der Waals surface area contributed by atoms with Gasteiger partial charge in [0.15, 0.2) is 11.5 Å². The molecule has 3 aromatic rings. The monoisotopic (exact) mass is 377 g/mol. The topological polar surface area (TPSA) is 81.7 Å². The highest BCUT2D eigenvalue weighted by atomic mass is 16.6. The third-order valence-corrected chi connectivity index (χ3v) is 4.17. The highest BCUT2D eigenvalue weighted by molar-refractivity contribution is 6.03. The number of benzene rings is 2. The molecule has 1 aliphatic heterocycles. The summed E-state index contributed by atoms with van der Waals surface area (Å²) >= 11 is 0. The number of amides is 1. The van der Waals surface area contributed by atoms with Crippen LogP contribution in [0.15, 0.2) is 60.8 Å². The number of methoxy groups -OCH3 is 1. The van der Waals surface area contributed by atoms with E-state index in [1.54, 1.807) is 49.7 Å². The van der Waals surface area contributed by atoms with Crippen LogP contribution in [0, 0.1) is 0 Å². The molecule has 0 unspecified atom stereocenters. The van der Waals surface area contributed by atoms with Crippen LogP contribution in [0.1, 0.15) is 10.5 Å². The Morgan fingerprint density at radius 2 is 1.64 bits per heavy atom. The summed E-state index contributed by atoms with van der Waals surface area (Å²) in [4.78, 5) is 16.7. The molecule has 0 fully saturated rings. The molecule has 1 aromatic heterocycles. The molecule has 0 aliphatic carbocycles. The van der Waals surface area contributed by atoms with Crippen LogP contribution in [0.4, 0.5) is 17.1 Å². The lowest BCUT2D eigenvalue weighted by atomic mass is 10.2. The van der Waals surface area contributed by atoms with Crippen molar-refractivity contribution in [2.75, 3.05) is 31.0 Å². The minimum absolute atomic E-state index is 0.295. The summed E-state index contributed by atoms with van der Waals surface area (Å²) in [6.45, 7) is 1.08. The van der Waals surface area contributed by atoms with Gasteiger partial charge in [-0.25, -0.2) is 0 Å². The minimum atomic E-state index is -0.295. The maximum Gasteiger partial charge on any atom is 0.274 e. The fraction of sp³-hybridized carbons (Fsp3) is 0.143. The number of fused-ring (bicyclic) bond motifs is 1. The number of anilines is 3. The molecule has 0 saturated carbocycles. The minimum Gasteiger partial charge on any atom is -0.497 e. The molecule has 0 radical (unpaired) electrons. The van der Waals surface area contributed by atoms with Gasteiger partial charge in [0.2, 0.25) is 0 Å². The average Bonchev–Trinajstić information content (AvgIpc) is 2.74. The Kier molecular flexibility index (Phi) is 4.97. The van der Waals surface area contributed by atoms with Gasteiger partial charge in [-0.1, -0.05) is 0 Å². The van der Waals surface area contributed by atoms with Crippen molar-refractivity contribution in [3.63, 3.8) is 0 Å². The Morgan fingerprint density at radius 3 is 2.43 bits per heavy atom. The van der Waals surface area contributed by atoms with Gasteiger partial charge in [-0.15, -0.1) is 0 Å². The van der Waals surface area contributed by atoms with E-state index >= 15 is 0 Å². The van der Waals surface area contributed by atoms with Crippen LogP contribution in [-0.2, 0) is 0 Å². The number of ether oxygens (including phenoxy) is 3. The fourth-order valence-electron chi connectivity index (χ4n) is 2.79. The van der Waals surface area contributed by atoms with E-state index < -0.39 is 0 Å². The Hall–Kier alpha value is -3.74. The lowest BCUT2D eigenvalue weighted by Crippen LogP contribution is -2.15. The van der Waals surface area contributed by atoms with Crippen LogP contribution < -0.4 is 24.8 Å². The van der Waals surface area contributed by atoms with Gasteiger partial charge in [-0.2, -0.15) is 0 Å². The molecule has 1 amide bonds. The number of aromatic nitrogens is 1. The zero-order valence-electron chi connectivity index (χ0n) is 15.3. The standard InChI is InChI=1S/C21H19N3O4/c1-26-17-5-2-14(3-6-17)24-21(25)18-12-16(8-9-22-18)23-15-4-7-19-20(13-15)28-11-10-27-19/h2-9,12-13H,10-11H2,1H3,(H,22,23)(H,24,25). The summed E-state index contributed by atoms with van der Waals surface area (Å²) in [6, 6.07) is 16.2. The number of rotatable bonds is 5. The first-order valence-electron chi connectivity index (χ1n) is 8.79. The second-order valence-corrected chi connectivity index (χ2v) is 6.10. The van der Waals surface area contributed by atoms with Crippen LogP contribution in [-0.4, -0.2) is 31.2 Å². The van der Waals surface area contributed by atoms with Crippen LogP contribution >= 0.6 is 0 Å². The lowest BCUT2D eigenvalue weighted by molar-refractivity contribution is 0.102. The molecule has 4 rings (SSSR count). The van der Waals surface area contributed by atoms with Crippen LogP contribution in [0.25, 0.3) is 0 Å². The van der Waals surface area contributed by atoms with Gasteiger partial charge >= 0.3 is 0 Å². The van der Waals surface area contributed by atoms with Crippen molar-refractivity contribution in [3.8, 4) is 17.2 Å². The molecule has 0 bridgehead atoms. The molecule has 0 atom stereocenters. The Bertz CT molecular complexity index is 989. The van der Waals surface area contributed by atoms with Crippen LogP contribution in [0.3, 0.4) is 0 Å². The van der Waals surface area contributed by atoms with Crippen molar-refractivity contribution >= 4 is 23.0 Å². The van der Waals surface area contributed by atoms with Crippen molar-refractivity contribution in [2.45, 2.75) is 0 Å². The molecular formula is C21H19N3O4. The quantitative estimate of drug-likeness (QED) is 0.703. The van der Waals surface area contributed by atoms with Crippen LogP contribution in [0.5, 0.6) is 17.2 Å². The first kappa shape index (κ1) is 17.7. The van der Waals surface area contributed by atoms with E-state index in [9.17, 15) is 4.79 Å². The smallest absolute Gasteiger partial charge is 0.274 e. The molecule has 0 spiro atoms. The summed E-state index contributed by atoms with van der Waals surface area (Å²) in [5.74, 6) is 1.85. The number of nitrogens with one attached hydrogen (secondary N) is 2. The van der Waals surface area contributed by atoms with E-state index in [4.69, 9.17) is 14.2 Å². The van der Waals surface area contributed by atoms with E-state index in [2.05, 4.69) is 15.6 Å². The summed E-state index contributed by atoms with van der Waals surface area (Å²) in [6.07, 6.45) is 1.59. The first-order chi connectivity index (χ1) is 13.7. The van der Waals surface area contributed by atoms with Crippen LogP contribution in [0.2, 0.25) is 0 Å². The number of nitrogens with zero attached hydrogens (tertiary/aromatic N) is 1. The van der Waals surface area contributed by atoms with Gasteiger partial charge in [0, 0.05) is 29.3 Å². The highest BCUT2D eigenvalue weighted by Crippen LogP contribution is 2.33. The second kappa shape index (κ2) is 7.87. The van der Waals surface area contributed by atoms with E-state index in [-0.39, 0.29) is 5.91 Å². The molecule has 28 heavy (non-hydrogen) atoms. The summed E-state index contributed by atoms with van der Waals surface area (Å²) in [5.41, 5.74) is 2.54. The normalized spacial score (nSPS) is 12.2. The SMILES string of the molecule is COc1ccc(NC(=O)c2cc(Nc3ccc4c(c3)OCCO4)ccn2)cc1. The summed E-state index contributed by atoms with van der Waals surface area (Å²) < 4.78 is 16.2. The molecular weight excluding hydrogens is 358 g/mol. The predicted molar refractivity (Wildman–Crippen MR) is 106 cm³/mol. The molecule has 7 nitrogen and oxygen atoms in total. The van der Waals surface area contributed by atoms with E-state index in [0.29, 0.717) is 30.3 Å². The Balaban J connectivity index is 1.47. The van der Waals surface area contributed by atoms with E-state index in [0.717, 1.165) is 22.9 Å². The van der Waals surface area contributed by atoms with Crippen molar-refractivity contribution in [3.05, 3.63) is 66.5 Å². The number of hydrogen-bond acceptors (Lipinski definition) is 6. The lowest BCUT2D eigenvalue weighted by Gasteiger charge is -2.19. The third-order valence-electron chi connectivity index (χ3n) is 4.17. The largest absolute Gasteiger partial charge is 0.497 e. The summed E-state index contributed by atoms with van der Waals surface area (Å²) in [7, 11) is 1.59. The van der Waals surface area contributed by atoms with E-state index in [1.807, 2.05) is 18.2 Å². The maximum atomic E-state index is 12.5. The third kappa shape index (κ3) is 3.98. The first-order valence-corrected chi connectivity index (χ1v) is 8.79. The van der Waals surface area contributed by atoms with Crippen molar-refractivity contribution < 1.29 is 19.0 Å². The second-order valence-electron chi connectivity index (χ2n) is 6.10. The highest BCUT2D eigenvalue weighted by Gasteiger charge is 2.13.